The maximum atomic E-state index is 5.64. The van der Waals surface area contributed by atoms with Gasteiger partial charge in [-0.1, -0.05) is 6.07 Å². The molecular weight excluding hydrogens is 250 g/mol. The van der Waals surface area contributed by atoms with Crippen molar-refractivity contribution < 1.29 is 9.47 Å². The van der Waals surface area contributed by atoms with Crippen LogP contribution < -0.4 is 4.74 Å². The van der Waals surface area contributed by atoms with Crippen molar-refractivity contribution in [1.82, 2.24) is 4.98 Å². The lowest BCUT2D eigenvalue weighted by Gasteiger charge is -2.27. The summed E-state index contributed by atoms with van der Waals surface area (Å²) < 4.78 is 11.1. The molecule has 0 aliphatic carbocycles. The minimum Gasteiger partial charge on any atom is -0.496 e. The van der Waals surface area contributed by atoms with Gasteiger partial charge in [-0.2, -0.15) is 0 Å². The third kappa shape index (κ3) is 2.50. The summed E-state index contributed by atoms with van der Waals surface area (Å²) in [5, 5.41) is 1.11. The van der Waals surface area contributed by atoms with Crippen molar-refractivity contribution in [2.75, 3.05) is 13.7 Å². The van der Waals surface area contributed by atoms with Gasteiger partial charge in [0.1, 0.15) is 5.75 Å². The highest BCUT2D eigenvalue weighted by Gasteiger charge is 2.21. The van der Waals surface area contributed by atoms with Gasteiger partial charge in [-0.25, -0.2) is 0 Å². The summed E-state index contributed by atoms with van der Waals surface area (Å²) in [6.45, 7) is 5.00. The molecular formula is C17H21NO2. The molecule has 1 aromatic carbocycles. The zero-order chi connectivity index (χ0) is 14.1. The van der Waals surface area contributed by atoms with Gasteiger partial charge in [-0.3, -0.25) is 4.98 Å². The van der Waals surface area contributed by atoms with E-state index in [9.17, 15) is 0 Å². The van der Waals surface area contributed by atoms with E-state index in [0.29, 0.717) is 12.0 Å². The average molecular weight is 271 g/mol. The molecule has 1 aromatic heterocycles. The SMILES string of the molecule is COc1cc(C)nc2ccc(C3CCOC(C)C3)cc12. The van der Waals surface area contributed by atoms with Gasteiger partial charge < -0.3 is 9.47 Å². The molecule has 2 aromatic rings. The van der Waals surface area contributed by atoms with Crippen LogP contribution in [0.3, 0.4) is 0 Å². The van der Waals surface area contributed by atoms with E-state index in [1.165, 1.54) is 5.56 Å². The first-order valence-corrected chi connectivity index (χ1v) is 7.24. The van der Waals surface area contributed by atoms with E-state index in [1.807, 2.05) is 13.0 Å². The highest BCUT2D eigenvalue weighted by molar-refractivity contribution is 5.86. The van der Waals surface area contributed by atoms with Gasteiger partial charge in [0.05, 0.1) is 18.7 Å². The molecule has 2 atom stereocenters. The van der Waals surface area contributed by atoms with Crippen LogP contribution in [0.4, 0.5) is 0 Å². The van der Waals surface area contributed by atoms with Crippen LogP contribution in [0.25, 0.3) is 10.9 Å². The topological polar surface area (TPSA) is 31.4 Å². The van der Waals surface area contributed by atoms with Crippen LogP contribution in [0.1, 0.15) is 36.9 Å². The van der Waals surface area contributed by atoms with Crippen LogP contribution in [0.5, 0.6) is 5.75 Å². The monoisotopic (exact) mass is 271 g/mol. The minimum atomic E-state index is 0.350. The first-order chi connectivity index (χ1) is 9.67. The Balaban J connectivity index is 2.03. The zero-order valence-electron chi connectivity index (χ0n) is 12.3. The number of nitrogens with zero attached hydrogens (tertiary/aromatic N) is 1. The predicted octanol–water partition coefficient (Wildman–Crippen LogP) is 3.83. The van der Waals surface area contributed by atoms with Crippen molar-refractivity contribution in [2.24, 2.45) is 0 Å². The quantitative estimate of drug-likeness (QED) is 0.831. The Hall–Kier alpha value is -1.61. The number of benzene rings is 1. The van der Waals surface area contributed by atoms with Crippen molar-refractivity contribution >= 4 is 10.9 Å². The average Bonchev–Trinajstić information content (AvgIpc) is 2.46. The van der Waals surface area contributed by atoms with Gasteiger partial charge in [-0.15, -0.1) is 0 Å². The number of fused-ring (bicyclic) bond motifs is 1. The lowest BCUT2D eigenvalue weighted by molar-refractivity contribution is 0.0186. The number of aromatic nitrogens is 1. The molecule has 0 N–H and O–H groups in total. The van der Waals surface area contributed by atoms with Crippen molar-refractivity contribution in [2.45, 2.75) is 38.7 Å². The van der Waals surface area contributed by atoms with Crippen LogP contribution in [-0.2, 0) is 4.74 Å². The number of rotatable bonds is 2. The Morgan fingerprint density at radius 1 is 1.30 bits per heavy atom. The summed E-state index contributed by atoms with van der Waals surface area (Å²) in [6.07, 6.45) is 2.53. The summed E-state index contributed by atoms with van der Waals surface area (Å²) in [5.74, 6) is 1.49. The van der Waals surface area contributed by atoms with E-state index < -0.39 is 0 Å². The highest BCUT2D eigenvalue weighted by Crippen LogP contribution is 2.34. The van der Waals surface area contributed by atoms with E-state index in [0.717, 1.165) is 41.8 Å². The summed E-state index contributed by atoms with van der Waals surface area (Å²) >= 11 is 0. The van der Waals surface area contributed by atoms with Crippen molar-refractivity contribution in [3.8, 4) is 5.75 Å². The Bertz CT molecular complexity index is 624. The smallest absolute Gasteiger partial charge is 0.130 e. The highest BCUT2D eigenvalue weighted by atomic mass is 16.5. The summed E-state index contributed by atoms with van der Waals surface area (Å²) in [6, 6.07) is 8.55. The maximum absolute atomic E-state index is 5.64. The van der Waals surface area contributed by atoms with Crippen LogP contribution in [0.2, 0.25) is 0 Å². The molecule has 0 bridgehead atoms. The van der Waals surface area contributed by atoms with Crippen molar-refractivity contribution in [3.05, 3.63) is 35.5 Å². The fraction of sp³-hybridized carbons (Fsp3) is 0.471. The van der Waals surface area contributed by atoms with Gasteiger partial charge in [0.15, 0.2) is 0 Å². The molecule has 20 heavy (non-hydrogen) atoms. The van der Waals surface area contributed by atoms with Crippen LogP contribution in [0.15, 0.2) is 24.3 Å². The summed E-state index contributed by atoms with van der Waals surface area (Å²) in [5.41, 5.74) is 3.36. The molecule has 1 saturated heterocycles. The molecule has 0 radical (unpaired) electrons. The summed E-state index contributed by atoms with van der Waals surface area (Å²) in [4.78, 5) is 4.58. The minimum absolute atomic E-state index is 0.350. The van der Waals surface area contributed by atoms with Gasteiger partial charge in [0.2, 0.25) is 0 Å². The fourth-order valence-electron chi connectivity index (χ4n) is 3.06. The molecule has 3 heteroatoms. The fourth-order valence-corrected chi connectivity index (χ4v) is 3.06. The molecule has 1 aliphatic heterocycles. The molecule has 3 nitrogen and oxygen atoms in total. The third-order valence-corrected chi connectivity index (χ3v) is 4.10. The zero-order valence-corrected chi connectivity index (χ0v) is 12.3. The molecule has 0 saturated carbocycles. The van der Waals surface area contributed by atoms with Crippen LogP contribution >= 0.6 is 0 Å². The first-order valence-electron chi connectivity index (χ1n) is 7.24. The van der Waals surface area contributed by atoms with E-state index >= 15 is 0 Å². The molecule has 3 rings (SSSR count). The van der Waals surface area contributed by atoms with Crippen molar-refractivity contribution in [1.29, 1.82) is 0 Å². The number of methoxy groups -OCH3 is 1. The molecule has 106 valence electrons. The van der Waals surface area contributed by atoms with E-state index in [4.69, 9.17) is 9.47 Å². The van der Waals surface area contributed by atoms with E-state index in [1.54, 1.807) is 7.11 Å². The number of hydrogen-bond acceptors (Lipinski definition) is 3. The third-order valence-electron chi connectivity index (χ3n) is 4.10. The normalized spacial score (nSPS) is 22.9. The number of aryl methyl sites for hydroxylation is 1. The number of hydrogen-bond donors (Lipinski definition) is 0. The molecule has 1 aliphatic rings. The van der Waals surface area contributed by atoms with Gasteiger partial charge in [-0.05, 0) is 50.3 Å². The van der Waals surface area contributed by atoms with Crippen LogP contribution in [0, 0.1) is 6.92 Å². The van der Waals surface area contributed by atoms with Gasteiger partial charge in [0.25, 0.3) is 0 Å². The Morgan fingerprint density at radius 3 is 2.90 bits per heavy atom. The van der Waals surface area contributed by atoms with Crippen LogP contribution in [-0.4, -0.2) is 24.8 Å². The molecule has 1 fully saturated rings. The largest absolute Gasteiger partial charge is 0.496 e. The maximum Gasteiger partial charge on any atom is 0.130 e. The Kier molecular flexibility index (Phi) is 3.62. The molecule has 2 heterocycles. The van der Waals surface area contributed by atoms with Crippen molar-refractivity contribution in [3.63, 3.8) is 0 Å². The lowest BCUT2D eigenvalue weighted by atomic mass is 9.88. The Labute approximate surface area is 119 Å². The Morgan fingerprint density at radius 2 is 2.15 bits per heavy atom. The van der Waals surface area contributed by atoms with E-state index in [-0.39, 0.29) is 0 Å². The predicted molar refractivity (Wildman–Crippen MR) is 80.4 cm³/mol. The molecule has 2 unspecified atom stereocenters. The number of ether oxygens (including phenoxy) is 2. The first kappa shape index (κ1) is 13.4. The summed E-state index contributed by atoms with van der Waals surface area (Å²) in [7, 11) is 1.72. The molecule has 0 spiro atoms. The lowest BCUT2D eigenvalue weighted by Crippen LogP contribution is -2.21. The standard InChI is InChI=1S/C17H21NO2/c1-11-8-17(19-3)15-10-13(4-5-16(15)18-11)14-6-7-20-12(2)9-14/h4-5,8,10,12,14H,6-7,9H2,1-3H3. The van der Waals surface area contributed by atoms with Gasteiger partial charge >= 0.3 is 0 Å². The van der Waals surface area contributed by atoms with E-state index in [2.05, 4.69) is 30.1 Å². The molecule has 0 amide bonds. The second-order valence-electron chi connectivity index (χ2n) is 5.65. The second kappa shape index (κ2) is 5.41. The number of pyridine rings is 1. The van der Waals surface area contributed by atoms with Gasteiger partial charge in [0, 0.05) is 23.8 Å². The second-order valence-corrected chi connectivity index (χ2v) is 5.65.